The van der Waals surface area contributed by atoms with Crippen molar-refractivity contribution in [2.75, 3.05) is 43.5 Å². The number of rotatable bonds is 4. The second-order valence-electron chi connectivity index (χ2n) is 12.7. The molecule has 4 N–H and O–H groups in total. The number of hydrogen-bond donors (Lipinski definition) is 3. The molecule has 1 aromatic carbocycles. The molecule has 3 aromatic rings. The van der Waals surface area contributed by atoms with Crippen molar-refractivity contribution in [3.8, 4) is 23.0 Å². The number of nitrogens with two attached hydrogens (primary N) is 1. The number of fused-ring (bicyclic) bond motifs is 5. The number of nitrogens with one attached hydrogen (secondary N) is 2. The van der Waals surface area contributed by atoms with Crippen LogP contribution in [0.25, 0.3) is 22.2 Å². The first kappa shape index (κ1) is 31.0. The Kier molecular flexibility index (Phi) is 8.02. The van der Waals surface area contributed by atoms with Gasteiger partial charge in [0.25, 0.3) is 0 Å². The van der Waals surface area contributed by atoms with E-state index in [1.54, 1.807) is 0 Å². The summed E-state index contributed by atoms with van der Waals surface area (Å²) in [5.74, 6) is -3.49. The number of anilines is 2. The smallest absolute Gasteiger partial charge is 0.418 e. The molecule has 4 aliphatic rings. The SMILES string of the molecule is Cc1cc(N)nc(-c2c(F)c3c4c(nc(OC[C@@H]5CCCNC[C@H](F)C5)nc4c2F)N2C[C@@H]4CCC(N4)C2CCO3)c1C(F)(F)F. The minimum atomic E-state index is -5.00. The maximum absolute atomic E-state index is 16.7. The van der Waals surface area contributed by atoms with Gasteiger partial charge in [-0.1, -0.05) is 0 Å². The van der Waals surface area contributed by atoms with E-state index in [9.17, 15) is 17.6 Å². The van der Waals surface area contributed by atoms with Gasteiger partial charge >= 0.3 is 12.2 Å². The zero-order valence-electron chi connectivity index (χ0n) is 25.2. The molecule has 15 heteroatoms. The standard InChI is InChI=1S/C31H35F6N7O2/c1-14-9-20(38)41-26(23(14)31(35,36)37)21-24(33)27-22-28(25(21)34)45-8-6-19-18-5-4-17(40-18)12-44(19)29(22)43-30(42-27)46-13-15-3-2-7-39-11-16(32)10-15/h9,15-19,39-40H,2-8,10-13H2,1H3,(H2,38,41)/t15-,16-,17+,18?,19?/m1/s1. The summed E-state index contributed by atoms with van der Waals surface area (Å²) in [7, 11) is 0. The van der Waals surface area contributed by atoms with Crippen LogP contribution < -0.4 is 30.7 Å². The molecule has 3 fully saturated rings. The van der Waals surface area contributed by atoms with Gasteiger partial charge in [0.05, 0.1) is 35.4 Å². The summed E-state index contributed by atoms with van der Waals surface area (Å²) >= 11 is 0. The molecule has 2 aromatic heterocycles. The molecule has 2 unspecified atom stereocenters. The van der Waals surface area contributed by atoms with E-state index in [2.05, 4.69) is 25.6 Å². The molecule has 2 bridgehead atoms. The molecule has 0 spiro atoms. The lowest BCUT2D eigenvalue weighted by Crippen LogP contribution is -2.59. The van der Waals surface area contributed by atoms with E-state index in [0.717, 1.165) is 32.3 Å². The Balaban J connectivity index is 1.42. The summed E-state index contributed by atoms with van der Waals surface area (Å²) in [4.78, 5) is 14.7. The average molecular weight is 652 g/mol. The summed E-state index contributed by atoms with van der Waals surface area (Å²) in [6.45, 7) is 2.61. The van der Waals surface area contributed by atoms with Gasteiger partial charge < -0.3 is 30.7 Å². The van der Waals surface area contributed by atoms with E-state index >= 15 is 8.78 Å². The van der Waals surface area contributed by atoms with Crippen LogP contribution in [-0.4, -0.2) is 72.1 Å². The van der Waals surface area contributed by atoms with Gasteiger partial charge in [-0.25, -0.2) is 18.2 Å². The third-order valence-electron chi connectivity index (χ3n) is 9.56. The van der Waals surface area contributed by atoms with Crippen LogP contribution in [0.3, 0.4) is 0 Å². The van der Waals surface area contributed by atoms with Crippen molar-refractivity contribution in [1.29, 1.82) is 0 Å². The summed E-state index contributed by atoms with van der Waals surface area (Å²) in [6, 6.07) is 0.846. The molecular formula is C31H35F6N7O2. The number of nitrogens with zero attached hydrogens (tertiary/aromatic N) is 4. The van der Waals surface area contributed by atoms with E-state index in [-0.39, 0.29) is 78.8 Å². The summed E-state index contributed by atoms with van der Waals surface area (Å²) in [6.07, 6.45) is -2.07. The number of benzene rings is 1. The molecule has 6 heterocycles. The lowest BCUT2D eigenvalue weighted by Gasteiger charge is -2.43. The van der Waals surface area contributed by atoms with Crippen molar-refractivity contribution < 1.29 is 35.8 Å². The number of ether oxygens (including phenoxy) is 2. The molecule has 46 heavy (non-hydrogen) atoms. The summed E-state index contributed by atoms with van der Waals surface area (Å²) in [5, 5.41) is 6.56. The van der Waals surface area contributed by atoms with Gasteiger partial charge in [-0.2, -0.15) is 23.1 Å². The largest absolute Gasteiger partial charge is 0.490 e. The second-order valence-corrected chi connectivity index (χ2v) is 12.7. The van der Waals surface area contributed by atoms with Crippen molar-refractivity contribution in [3.63, 3.8) is 0 Å². The molecule has 0 radical (unpaired) electrons. The van der Waals surface area contributed by atoms with Crippen LogP contribution in [0.5, 0.6) is 11.8 Å². The minimum absolute atomic E-state index is 0.0231. The van der Waals surface area contributed by atoms with Crippen LogP contribution in [0.4, 0.5) is 38.0 Å². The van der Waals surface area contributed by atoms with Gasteiger partial charge in [0, 0.05) is 37.6 Å². The first-order chi connectivity index (χ1) is 22.0. The van der Waals surface area contributed by atoms with E-state index in [4.69, 9.17) is 15.2 Å². The Bertz CT molecular complexity index is 1660. The predicted octanol–water partition coefficient (Wildman–Crippen LogP) is 5.08. The zero-order chi connectivity index (χ0) is 32.3. The monoisotopic (exact) mass is 651 g/mol. The summed E-state index contributed by atoms with van der Waals surface area (Å²) in [5.41, 5.74) is 1.63. The van der Waals surface area contributed by atoms with E-state index in [0.29, 0.717) is 25.9 Å². The Morgan fingerprint density at radius 3 is 2.74 bits per heavy atom. The van der Waals surface area contributed by atoms with Gasteiger partial charge in [0.1, 0.15) is 23.3 Å². The number of nitrogen functional groups attached to an aromatic ring is 1. The number of piperazine rings is 1. The Labute approximate surface area is 261 Å². The molecule has 0 saturated carbocycles. The molecular weight excluding hydrogens is 616 g/mol. The number of alkyl halides is 4. The van der Waals surface area contributed by atoms with Gasteiger partial charge in [0.15, 0.2) is 17.4 Å². The highest BCUT2D eigenvalue weighted by molar-refractivity contribution is 5.99. The highest BCUT2D eigenvalue weighted by Crippen LogP contribution is 2.48. The normalized spacial score (nSPS) is 26.5. The maximum Gasteiger partial charge on any atom is 0.418 e. The maximum atomic E-state index is 16.7. The average Bonchev–Trinajstić information content (AvgIpc) is 3.36. The van der Waals surface area contributed by atoms with E-state index in [1.165, 1.54) is 0 Å². The first-order valence-corrected chi connectivity index (χ1v) is 15.7. The Morgan fingerprint density at radius 2 is 1.93 bits per heavy atom. The molecule has 4 aliphatic heterocycles. The predicted molar refractivity (Wildman–Crippen MR) is 159 cm³/mol. The van der Waals surface area contributed by atoms with Gasteiger partial charge in [0.2, 0.25) is 0 Å². The molecule has 5 atom stereocenters. The van der Waals surface area contributed by atoms with Crippen molar-refractivity contribution in [2.45, 2.75) is 75.9 Å². The topological polar surface area (TPSA) is 110 Å². The lowest BCUT2D eigenvalue weighted by molar-refractivity contribution is -0.137. The fourth-order valence-electron chi connectivity index (χ4n) is 7.54. The summed E-state index contributed by atoms with van der Waals surface area (Å²) < 4.78 is 103. The second kappa shape index (κ2) is 11.9. The van der Waals surface area contributed by atoms with E-state index in [1.807, 2.05) is 4.90 Å². The van der Waals surface area contributed by atoms with Crippen LogP contribution in [-0.2, 0) is 6.18 Å². The highest BCUT2D eigenvalue weighted by atomic mass is 19.4. The first-order valence-electron chi connectivity index (χ1n) is 15.7. The number of aryl methyl sites for hydroxylation is 1. The van der Waals surface area contributed by atoms with Crippen molar-refractivity contribution in [3.05, 3.63) is 28.8 Å². The van der Waals surface area contributed by atoms with Gasteiger partial charge in [-0.05, 0) is 63.1 Å². The van der Waals surface area contributed by atoms with Crippen LogP contribution in [0.2, 0.25) is 0 Å². The highest BCUT2D eigenvalue weighted by Gasteiger charge is 2.44. The van der Waals surface area contributed by atoms with Crippen LogP contribution in [0.1, 0.15) is 49.7 Å². The van der Waals surface area contributed by atoms with Crippen LogP contribution in [0.15, 0.2) is 6.07 Å². The number of pyridine rings is 1. The third-order valence-corrected chi connectivity index (χ3v) is 9.56. The molecule has 0 aliphatic carbocycles. The van der Waals surface area contributed by atoms with E-state index < -0.39 is 52.1 Å². The van der Waals surface area contributed by atoms with Gasteiger partial charge in [-0.3, -0.25) is 0 Å². The van der Waals surface area contributed by atoms with Crippen molar-refractivity contribution in [1.82, 2.24) is 25.6 Å². The van der Waals surface area contributed by atoms with Crippen LogP contribution >= 0.6 is 0 Å². The molecule has 7 rings (SSSR count). The number of halogens is 6. The Morgan fingerprint density at radius 1 is 1.11 bits per heavy atom. The fourth-order valence-corrected chi connectivity index (χ4v) is 7.54. The van der Waals surface area contributed by atoms with Crippen molar-refractivity contribution >= 4 is 22.5 Å². The quantitative estimate of drug-likeness (QED) is 0.333. The number of aromatic nitrogens is 3. The molecule has 248 valence electrons. The van der Waals surface area contributed by atoms with Crippen LogP contribution in [0, 0.1) is 24.5 Å². The third kappa shape index (κ3) is 5.54. The van der Waals surface area contributed by atoms with Gasteiger partial charge in [-0.15, -0.1) is 0 Å². The molecule has 0 amide bonds. The molecule has 9 nitrogen and oxygen atoms in total. The lowest BCUT2D eigenvalue weighted by atomic mass is 9.96. The number of hydrogen-bond acceptors (Lipinski definition) is 9. The fraction of sp³-hybridized carbons (Fsp3) is 0.581. The van der Waals surface area contributed by atoms with Crippen molar-refractivity contribution in [2.24, 2.45) is 5.92 Å². The minimum Gasteiger partial charge on any atom is -0.490 e. The molecule has 3 saturated heterocycles. The Hall–Kier alpha value is -3.59. The zero-order valence-corrected chi connectivity index (χ0v) is 25.2.